The molecule has 8 nitrogen and oxygen atoms in total. The highest BCUT2D eigenvalue weighted by Gasteiger charge is 2.18. The van der Waals surface area contributed by atoms with Crippen molar-refractivity contribution in [2.45, 2.75) is 51.2 Å². The molecule has 2 heterocycles. The molecule has 0 aliphatic rings. The van der Waals surface area contributed by atoms with Crippen molar-refractivity contribution >= 4 is 40.1 Å². The minimum absolute atomic E-state index is 0.0681. The smallest absolute Gasteiger partial charge is 0.311 e. The summed E-state index contributed by atoms with van der Waals surface area (Å²) in [6.45, 7) is 13.0. The van der Waals surface area contributed by atoms with Gasteiger partial charge in [-0.3, -0.25) is 14.2 Å². The Balaban J connectivity index is 1.64. The molecule has 0 saturated carbocycles. The predicted octanol–water partition coefficient (Wildman–Crippen LogP) is 4.72. The summed E-state index contributed by atoms with van der Waals surface area (Å²) < 4.78 is 6.86. The average Bonchev–Trinajstić information content (AvgIpc) is 3.39. The Hall–Kier alpha value is -2.98. The van der Waals surface area contributed by atoms with Gasteiger partial charge >= 0.3 is 5.97 Å². The summed E-state index contributed by atoms with van der Waals surface area (Å²) in [5, 5.41) is 14.2. The molecule has 3 aromatic rings. The normalized spacial score (nSPS) is 11.3. The highest BCUT2D eigenvalue weighted by atomic mass is 32.2. The second-order valence-electron chi connectivity index (χ2n) is 8.50. The average molecular weight is 500 g/mol. The third-order valence-electron chi connectivity index (χ3n) is 4.80. The summed E-state index contributed by atoms with van der Waals surface area (Å²) in [6, 6.07) is 8.29. The van der Waals surface area contributed by atoms with Crippen LogP contribution in [0.15, 0.2) is 47.5 Å². The van der Waals surface area contributed by atoms with E-state index in [2.05, 4.69) is 60.0 Å². The first-order valence-corrected chi connectivity index (χ1v) is 12.8. The second kappa shape index (κ2) is 11.4. The lowest BCUT2D eigenvalue weighted by Crippen LogP contribution is -2.15. The molecule has 0 unspecified atom stereocenters. The van der Waals surface area contributed by atoms with Gasteiger partial charge in [-0.05, 0) is 17.9 Å². The molecule has 0 bridgehead atoms. The van der Waals surface area contributed by atoms with E-state index in [0.717, 1.165) is 11.4 Å². The molecule has 0 aliphatic heterocycles. The predicted molar refractivity (Wildman–Crippen MR) is 136 cm³/mol. The summed E-state index contributed by atoms with van der Waals surface area (Å²) in [4.78, 5) is 28.3. The number of allylic oxidation sites excluding steroid dienone is 1. The summed E-state index contributed by atoms with van der Waals surface area (Å²) in [5.41, 5.74) is 2.83. The Bertz CT molecular complexity index is 1150. The Morgan fingerprint density at radius 2 is 1.97 bits per heavy atom. The second-order valence-corrected chi connectivity index (χ2v) is 10.3. The largest absolute Gasteiger partial charge is 0.466 e. The first-order chi connectivity index (χ1) is 16.2. The minimum Gasteiger partial charge on any atom is -0.466 e. The summed E-state index contributed by atoms with van der Waals surface area (Å²) >= 11 is 2.56. The topological polar surface area (TPSA) is 99.0 Å². The summed E-state index contributed by atoms with van der Waals surface area (Å²) in [5.74, 6) is 0.315. The minimum atomic E-state index is -0.341. The van der Waals surface area contributed by atoms with Crippen LogP contribution in [0.5, 0.6) is 0 Å². The van der Waals surface area contributed by atoms with E-state index in [1.54, 1.807) is 18.4 Å². The molecule has 0 fully saturated rings. The van der Waals surface area contributed by atoms with Crippen LogP contribution in [0.4, 0.5) is 5.13 Å². The first-order valence-electron chi connectivity index (χ1n) is 10.9. The maximum atomic E-state index is 12.5. The Kier molecular flexibility index (Phi) is 8.62. The highest BCUT2D eigenvalue weighted by molar-refractivity contribution is 7.99. The van der Waals surface area contributed by atoms with Crippen LogP contribution >= 0.6 is 23.1 Å². The molecule has 2 aromatic heterocycles. The fraction of sp³-hybridized carbons (Fsp3) is 0.375. The molecule has 0 spiro atoms. The molecule has 0 radical (unpaired) electrons. The monoisotopic (exact) mass is 499 g/mol. The van der Waals surface area contributed by atoms with E-state index in [1.807, 2.05) is 16.7 Å². The number of benzene rings is 1. The lowest BCUT2D eigenvalue weighted by Gasteiger charge is -2.19. The number of ether oxygens (including phenoxy) is 1. The standard InChI is InChI=1S/C24H29N5O3S2/c1-6-12-29-21(16-8-10-17(11-9-16)24(3,4)5)27-28-23(29)34-15-19(30)26-22-25-18(14-33-22)13-20(31)32-7-2/h6,8-11,14H,1,7,12-13,15H2,2-5H3,(H,25,26,30). The first kappa shape index (κ1) is 25.6. The molecule has 10 heteroatoms. The van der Waals surface area contributed by atoms with Gasteiger partial charge in [0.15, 0.2) is 16.1 Å². The van der Waals surface area contributed by atoms with Gasteiger partial charge in [0.05, 0.1) is 24.5 Å². The number of rotatable bonds is 10. The number of esters is 1. The van der Waals surface area contributed by atoms with Crippen LogP contribution in [0.25, 0.3) is 11.4 Å². The number of nitrogens with zero attached hydrogens (tertiary/aromatic N) is 4. The Morgan fingerprint density at radius 1 is 1.24 bits per heavy atom. The molecule has 0 saturated heterocycles. The summed E-state index contributed by atoms with van der Waals surface area (Å²) in [7, 11) is 0. The van der Waals surface area contributed by atoms with Crippen molar-refractivity contribution < 1.29 is 14.3 Å². The van der Waals surface area contributed by atoms with Crippen LogP contribution in [0, 0.1) is 0 Å². The molecule has 34 heavy (non-hydrogen) atoms. The number of nitrogens with one attached hydrogen (secondary N) is 1. The van der Waals surface area contributed by atoms with Gasteiger partial charge in [-0.25, -0.2) is 4.98 Å². The van der Waals surface area contributed by atoms with Crippen LogP contribution in [0.1, 0.15) is 39.0 Å². The maximum absolute atomic E-state index is 12.5. The van der Waals surface area contributed by atoms with E-state index in [1.165, 1.54) is 28.7 Å². The molecule has 1 N–H and O–H groups in total. The summed E-state index contributed by atoms with van der Waals surface area (Å²) in [6.07, 6.45) is 1.86. The molecule has 180 valence electrons. The van der Waals surface area contributed by atoms with Gasteiger partial charge in [-0.15, -0.1) is 28.1 Å². The van der Waals surface area contributed by atoms with Crippen molar-refractivity contribution in [3.63, 3.8) is 0 Å². The van der Waals surface area contributed by atoms with Crippen LogP contribution in [-0.2, 0) is 32.7 Å². The fourth-order valence-electron chi connectivity index (χ4n) is 3.11. The number of amides is 1. The fourth-order valence-corrected chi connectivity index (χ4v) is 4.59. The maximum Gasteiger partial charge on any atom is 0.311 e. The van der Waals surface area contributed by atoms with Gasteiger partial charge in [0.2, 0.25) is 5.91 Å². The zero-order valence-corrected chi connectivity index (χ0v) is 21.5. The van der Waals surface area contributed by atoms with E-state index in [0.29, 0.717) is 29.1 Å². The third-order valence-corrected chi connectivity index (χ3v) is 6.57. The van der Waals surface area contributed by atoms with Crippen molar-refractivity contribution in [2.24, 2.45) is 0 Å². The number of carbonyl (C=O) groups is 2. The third kappa shape index (κ3) is 6.77. The van der Waals surface area contributed by atoms with Gasteiger partial charge in [0.1, 0.15) is 0 Å². The van der Waals surface area contributed by atoms with Gasteiger partial charge in [-0.2, -0.15) is 0 Å². The Morgan fingerprint density at radius 3 is 2.62 bits per heavy atom. The molecule has 0 atom stereocenters. The zero-order valence-electron chi connectivity index (χ0n) is 19.8. The molecular weight excluding hydrogens is 470 g/mol. The van der Waals surface area contributed by atoms with E-state index >= 15 is 0 Å². The van der Waals surface area contributed by atoms with E-state index < -0.39 is 0 Å². The van der Waals surface area contributed by atoms with Gasteiger partial charge in [0, 0.05) is 17.5 Å². The van der Waals surface area contributed by atoms with Crippen LogP contribution in [-0.4, -0.2) is 44.0 Å². The van der Waals surface area contributed by atoms with Crippen molar-refractivity contribution in [1.82, 2.24) is 19.7 Å². The Labute approximate surface area is 207 Å². The number of anilines is 1. The zero-order chi connectivity index (χ0) is 24.7. The van der Waals surface area contributed by atoms with Gasteiger partial charge < -0.3 is 10.1 Å². The number of thiazole rings is 1. The van der Waals surface area contributed by atoms with E-state index in [-0.39, 0.29) is 29.5 Å². The lowest BCUT2D eigenvalue weighted by molar-refractivity contribution is -0.142. The van der Waals surface area contributed by atoms with Gasteiger partial charge in [0.25, 0.3) is 0 Å². The molecule has 0 aliphatic carbocycles. The van der Waals surface area contributed by atoms with Crippen molar-refractivity contribution in [1.29, 1.82) is 0 Å². The van der Waals surface area contributed by atoms with Crippen molar-refractivity contribution in [2.75, 3.05) is 17.7 Å². The highest BCUT2D eigenvalue weighted by Crippen LogP contribution is 2.28. The lowest BCUT2D eigenvalue weighted by atomic mass is 9.87. The number of thioether (sulfide) groups is 1. The molecule has 1 amide bonds. The SMILES string of the molecule is C=CCn1c(SCC(=O)Nc2nc(CC(=O)OCC)cs2)nnc1-c1ccc(C(C)(C)C)cc1. The quantitative estimate of drug-likeness (QED) is 0.245. The van der Waals surface area contributed by atoms with Crippen molar-refractivity contribution in [3.05, 3.63) is 53.6 Å². The van der Waals surface area contributed by atoms with E-state index in [9.17, 15) is 9.59 Å². The van der Waals surface area contributed by atoms with Crippen LogP contribution in [0.2, 0.25) is 0 Å². The molecule has 1 aromatic carbocycles. The number of hydrogen-bond donors (Lipinski definition) is 1. The van der Waals surface area contributed by atoms with Gasteiger partial charge in [-0.1, -0.05) is 62.9 Å². The number of carbonyl (C=O) groups excluding carboxylic acids is 2. The van der Waals surface area contributed by atoms with Crippen LogP contribution < -0.4 is 5.32 Å². The number of aromatic nitrogens is 4. The van der Waals surface area contributed by atoms with Crippen molar-refractivity contribution in [3.8, 4) is 11.4 Å². The van der Waals surface area contributed by atoms with E-state index in [4.69, 9.17) is 4.74 Å². The molecular formula is C24H29N5O3S2. The van der Waals surface area contributed by atoms with Crippen LogP contribution in [0.3, 0.4) is 0 Å². The molecule has 3 rings (SSSR count). The number of hydrogen-bond acceptors (Lipinski definition) is 8.